The molecule has 2 N–H and O–H groups in total. The average Bonchev–Trinajstić information content (AvgIpc) is 2.62. The summed E-state index contributed by atoms with van der Waals surface area (Å²) in [5.41, 5.74) is 2.07. The lowest BCUT2D eigenvalue weighted by Gasteiger charge is -2.13. The van der Waals surface area contributed by atoms with Gasteiger partial charge in [0.25, 0.3) is 0 Å². The second-order valence-electron chi connectivity index (χ2n) is 4.91. The minimum atomic E-state index is -0.454. The number of para-hydroxylation sites is 1. The van der Waals surface area contributed by atoms with Gasteiger partial charge in [-0.1, -0.05) is 12.1 Å². The lowest BCUT2D eigenvalue weighted by atomic mass is 10.2. The molecule has 0 saturated carbocycles. The zero-order valence-electron chi connectivity index (χ0n) is 13.9. The molecule has 0 unspecified atom stereocenters. The maximum absolute atomic E-state index is 11.8. The Kier molecular flexibility index (Phi) is 6.47. The fourth-order valence-corrected chi connectivity index (χ4v) is 2.30. The Morgan fingerprint density at radius 1 is 1.00 bits per heavy atom. The number of thiocarbonyl (C=S) groups is 1. The van der Waals surface area contributed by atoms with Crippen LogP contribution in [0.3, 0.4) is 0 Å². The molecule has 2 rings (SSSR count). The number of hydrogen-bond acceptors (Lipinski definition) is 5. The Morgan fingerprint density at radius 3 is 2.32 bits per heavy atom. The highest BCUT2D eigenvalue weighted by atomic mass is 32.1. The van der Waals surface area contributed by atoms with Crippen LogP contribution in [0.2, 0.25) is 0 Å². The molecule has 6 nitrogen and oxygen atoms in total. The summed E-state index contributed by atoms with van der Waals surface area (Å²) in [7, 11) is 1.32. The van der Waals surface area contributed by atoms with Gasteiger partial charge in [0.2, 0.25) is 0 Å². The molecule has 0 aliphatic heterocycles. The van der Waals surface area contributed by atoms with Crippen molar-refractivity contribution in [3.63, 3.8) is 0 Å². The molecule has 0 radical (unpaired) electrons. The van der Waals surface area contributed by atoms with E-state index in [2.05, 4.69) is 10.6 Å². The van der Waals surface area contributed by atoms with E-state index < -0.39 is 5.97 Å². The number of hydrogen-bond donors (Lipinski definition) is 2. The summed E-state index contributed by atoms with van der Waals surface area (Å²) in [5, 5.41) is 6.25. The van der Waals surface area contributed by atoms with E-state index in [1.807, 2.05) is 0 Å². The van der Waals surface area contributed by atoms with Gasteiger partial charge in [0.05, 0.1) is 30.5 Å². The minimum absolute atomic E-state index is 0.306. The van der Waals surface area contributed by atoms with E-state index in [-0.39, 0.29) is 5.97 Å². The Bertz CT molecular complexity index is 775. The summed E-state index contributed by atoms with van der Waals surface area (Å²) in [5.74, 6) is -0.827. The zero-order chi connectivity index (χ0) is 18.2. The van der Waals surface area contributed by atoms with E-state index in [9.17, 15) is 9.59 Å². The van der Waals surface area contributed by atoms with E-state index >= 15 is 0 Å². The summed E-state index contributed by atoms with van der Waals surface area (Å²) in [6.45, 7) is 2.08. The molecule has 2 aromatic carbocycles. The van der Waals surface area contributed by atoms with Gasteiger partial charge in [-0.15, -0.1) is 0 Å². The van der Waals surface area contributed by atoms with Gasteiger partial charge in [-0.3, -0.25) is 0 Å². The van der Waals surface area contributed by atoms with Crippen molar-refractivity contribution in [3.05, 3.63) is 59.7 Å². The Balaban J connectivity index is 2.04. The number of esters is 2. The molecule has 7 heteroatoms. The maximum atomic E-state index is 11.8. The molecule has 0 saturated heterocycles. The van der Waals surface area contributed by atoms with Crippen LogP contribution in [0.5, 0.6) is 0 Å². The molecule has 2 aromatic rings. The van der Waals surface area contributed by atoms with Crippen molar-refractivity contribution in [2.75, 3.05) is 24.4 Å². The highest BCUT2D eigenvalue weighted by molar-refractivity contribution is 7.80. The standard InChI is InChI=1S/C18H18N2O4S/c1-3-24-16(21)12-8-10-13(11-9-12)19-18(25)20-15-7-5-4-6-14(15)17(22)23-2/h4-11H,3H2,1-2H3,(H2,19,20,25). The molecule has 0 aliphatic rings. The third kappa shape index (κ3) is 5.02. The highest BCUT2D eigenvalue weighted by Crippen LogP contribution is 2.17. The van der Waals surface area contributed by atoms with E-state index in [1.165, 1.54) is 7.11 Å². The topological polar surface area (TPSA) is 76.7 Å². The van der Waals surface area contributed by atoms with Crippen LogP contribution in [0.4, 0.5) is 11.4 Å². The van der Waals surface area contributed by atoms with Crippen LogP contribution in [0.1, 0.15) is 27.6 Å². The number of carbonyl (C=O) groups excluding carboxylic acids is 2. The van der Waals surface area contributed by atoms with Crippen molar-refractivity contribution in [2.24, 2.45) is 0 Å². The number of carbonyl (C=O) groups is 2. The van der Waals surface area contributed by atoms with Crippen LogP contribution < -0.4 is 10.6 Å². The molecule has 0 amide bonds. The van der Waals surface area contributed by atoms with Crippen LogP contribution in [0.25, 0.3) is 0 Å². The third-order valence-electron chi connectivity index (χ3n) is 3.23. The third-order valence-corrected chi connectivity index (χ3v) is 3.44. The molecule has 130 valence electrons. The predicted octanol–water partition coefficient (Wildman–Crippen LogP) is 3.46. The largest absolute Gasteiger partial charge is 0.465 e. The van der Waals surface area contributed by atoms with Gasteiger partial charge in [-0.25, -0.2) is 9.59 Å². The second-order valence-corrected chi connectivity index (χ2v) is 5.32. The van der Waals surface area contributed by atoms with Crippen molar-refractivity contribution in [2.45, 2.75) is 6.92 Å². The fraction of sp³-hybridized carbons (Fsp3) is 0.167. The van der Waals surface area contributed by atoms with Crippen LogP contribution in [-0.2, 0) is 9.47 Å². The van der Waals surface area contributed by atoms with Crippen molar-refractivity contribution in [3.8, 4) is 0 Å². The SMILES string of the molecule is CCOC(=O)c1ccc(NC(=S)Nc2ccccc2C(=O)OC)cc1. The molecule has 0 atom stereocenters. The van der Waals surface area contributed by atoms with Crippen LogP contribution in [-0.4, -0.2) is 30.8 Å². The van der Waals surface area contributed by atoms with Crippen LogP contribution >= 0.6 is 12.2 Å². The van der Waals surface area contributed by atoms with Crippen molar-refractivity contribution in [1.29, 1.82) is 0 Å². The molecule has 0 aliphatic carbocycles. The molecule has 0 bridgehead atoms. The van der Waals surface area contributed by atoms with E-state index in [0.717, 1.165) is 0 Å². The lowest BCUT2D eigenvalue weighted by Crippen LogP contribution is -2.21. The second kappa shape index (κ2) is 8.79. The average molecular weight is 358 g/mol. The Labute approximate surface area is 151 Å². The van der Waals surface area contributed by atoms with Gasteiger partial charge in [0, 0.05) is 5.69 Å². The first kappa shape index (κ1) is 18.4. The van der Waals surface area contributed by atoms with Gasteiger partial charge in [-0.05, 0) is 55.5 Å². The summed E-state index contributed by atoms with van der Waals surface area (Å²) >= 11 is 5.26. The number of anilines is 2. The number of methoxy groups -OCH3 is 1. The fourth-order valence-electron chi connectivity index (χ4n) is 2.07. The van der Waals surface area contributed by atoms with Gasteiger partial charge in [-0.2, -0.15) is 0 Å². The number of nitrogens with one attached hydrogen (secondary N) is 2. The van der Waals surface area contributed by atoms with Gasteiger partial charge in [0.1, 0.15) is 0 Å². The van der Waals surface area contributed by atoms with Gasteiger partial charge in [0.15, 0.2) is 5.11 Å². The van der Waals surface area contributed by atoms with Crippen molar-refractivity contribution >= 4 is 40.6 Å². The normalized spacial score (nSPS) is 9.84. The first-order chi connectivity index (χ1) is 12.0. The summed E-state index contributed by atoms with van der Waals surface area (Å²) in [6, 6.07) is 13.6. The first-order valence-corrected chi connectivity index (χ1v) is 7.98. The Hall–Kier alpha value is -2.93. The van der Waals surface area contributed by atoms with E-state index in [4.69, 9.17) is 21.7 Å². The van der Waals surface area contributed by atoms with Crippen LogP contribution in [0.15, 0.2) is 48.5 Å². The quantitative estimate of drug-likeness (QED) is 0.626. The van der Waals surface area contributed by atoms with Gasteiger partial charge < -0.3 is 20.1 Å². The van der Waals surface area contributed by atoms with E-state index in [0.29, 0.717) is 34.2 Å². The molecule has 0 fully saturated rings. The van der Waals surface area contributed by atoms with Gasteiger partial charge >= 0.3 is 11.9 Å². The summed E-state index contributed by atoms with van der Waals surface area (Å²) in [6.07, 6.45) is 0. The number of ether oxygens (including phenoxy) is 2. The highest BCUT2D eigenvalue weighted by Gasteiger charge is 2.12. The minimum Gasteiger partial charge on any atom is -0.465 e. The maximum Gasteiger partial charge on any atom is 0.339 e. The number of rotatable bonds is 5. The summed E-state index contributed by atoms with van der Waals surface area (Å²) < 4.78 is 9.68. The monoisotopic (exact) mass is 358 g/mol. The molecule has 0 heterocycles. The molecule has 25 heavy (non-hydrogen) atoms. The summed E-state index contributed by atoms with van der Waals surface area (Å²) in [4.78, 5) is 23.4. The number of benzene rings is 2. The van der Waals surface area contributed by atoms with E-state index in [1.54, 1.807) is 55.5 Å². The van der Waals surface area contributed by atoms with Crippen molar-refractivity contribution < 1.29 is 19.1 Å². The molecular weight excluding hydrogens is 340 g/mol. The molecule has 0 spiro atoms. The zero-order valence-corrected chi connectivity index (χ0v) is 14.7. The van der Waals surface area contributed by atoms with Crippen molar-refractivity contribution in [1.82, 2.24) is 0 Å². The Morgan fingerprint density at radius 2 is 1.68 bits per heavy atom. The molecular formula is C18H18N2O4S. The van der Waals surface area contributed by atoms with Crippen LogP contribution in [0, 0.1) is 0 Å². The molecule has 0 aromatic heterocycles. The smallest absolute Gasteiger partial charge is 0.339 e. The predicted molar refractivity (Wildman–Crippen MR) is 100 cm³/mol. The first-order valence-electron chi connectivity index (χ1n) is 7.57. The lowest BCUT2D eigenvalue weighted by molar-refractivity contribution is 0.0525.